The van der Waals surface area contributed by atoms with Crippen LogP contribution in [0.4, 0.5) is 0 Å². The van der Waals surface area contributed by atoms with Crippen molar-refractivity contribution in [1.29, 1.82) is 0 Å². The van der Waals surface area contributed by atoms with Crippen LogP contribution in [0.5, 0.6) is 0 Å². The zero-order chi connectivity index (χ0) is 11.5. The monoisotopic (exact) mass is 209 g/mol. The summed E-state index contributed by atoms with van der Waals surface area (Å²) in [5, 5.41) is 0. The van der Waals surface area contributed by atoms with Gasteiger partial charge >= 0.3 is 0 Å². The molecule has 15 heavy (non-hydrogen) atoms. The van der Waals surface area contributed by atoms with E-state index in [1.807, 2.05) is 0 Å². The Morgan fingerprint density at radius 1 is 1.00 bits per heavy atom. The van der Waals surface area contributed by atoms with Gasteiger partial charge in [-0.2, -0.15) is 0 Å². The predicted octanol–water partition coefficient (Wildman–Crippen LogP) is 3.69. The first kappa shape index (κ1) is 11.4. The lowest BCUT2D eigenvalue weighted by molar-refractivity contribution is -0.108. The van der Waals surface area contributed by atoms with Crippen molar-refractivity contribution in [2.75, 3.05) is 6.54 Å². The van der Waals surface area contributed by atoms with Crippen LogP contribution in [0.2, 0.25) is 0 Å². The minimum absolute atomic E-state index is 0.336. The van der Waals surface area contributed by atoms with Crippen molar-refractivity contribution in [3.63, 3.8) is 0 Å². The molecule has 1 aliphatic heterocycles. The summed E-state index contributed by atoms with van der Waals surface area (Å²) in [5.41, 5.74) is 1.27. The maximum Gasteiger partial charge on any atom is 0.0291 e. The number of rotatable bonds is 0. The van der Waals surface area contributed by atoms with Crippen LogP contribution in [0.1, 0.15) is 60.8 Å². The Kier molecular flexibility index (Phi) is 2.29. The number of nitrogens with zero attached hydrogens (tertiary/aromatic N) is 1. The molecule has 0 radical (unpaired) electrons. The lowest BCUT2D eigenvalue weighted by Crippen LogP contribution is -2.66. The van der Waals surface area contributed by atoms with Gasteiger partial charge in [-0.15, -0.1) is 0 Å². The summed E-state index contributed by atoms with van der Waals surface area (Å²) in [6.07, 6.45) is 4.30. The second-order valence-electron chi connectivity index (χ2n) is 7.52. The molecule has 2 unspecified atom stereocenters. The maximum atomic E-state index is 2.80. The lowest BCUT2D eigenvalue weighted by atomic mass is 9.55. The summed E-state index contributed by atoms with van der Waals surface area (Å²) in [7, 11) is 0. The molecule has 0 amide bonds. The van der Waals surface area contributed by atoms with Gasteiger partial charge in [-0.25, -0.2) is 0 Å². The average Bonchev–Trinajstić information content (AvgIpc) is 2.20. The fourth-order valence-corrected chi connectivity index (χ4v) is 4.17. The molecule has 0 spiro atoms. The van der Waals surface area contributed by atoms with Crippen molar-refractivity contribution in [3.05, 3.63) is 0 Å². The Morgan fingerprint density at radius 3 is 1.87 bits per heavy atom. The molecular weight excluding hydrogens is 182 g/mol. The van der Waals surface area contributed by atoms with Gasteiger partial charge in [0.1, 0.15) is 0 Å². The van der Waals surface area contributed by atoms with Gasteiger partial charge in [0.2, 0.25) is 0 Å². The Balaban J connectivity index is 2.35. The van der Waals surface area contributed by atoms with E-state index >= 15 is 0 Å². The van der Waals surface area contributed by atoms with E-state index in [0.717, 1.165) is 5.92 Å². The molecule has 1 nitrogen and oxygen atoms in total. The van der Waals surface area contributed by atoms with E-state index in [4.69, 9.17) is 0 Å². The minimum atomic E-state index is 0.336. The standard InChI is InChI=1S/C14H27N/c1-12(2,3)14-9-7-11(14)8-10-15(14)13(4,5)6/h11H,7-10H2,1-6H3. The summed E-state index contributed by atoms with van der Waals surface area (Å²) in [6, 6.07) is 0. The fourth-order valence-electron chi connectivity index (χ4n) is 4.17. The molecule has 2 aliphatic rings. The van der Waals surface area contributed by atoms with Gasteiger partial charge in [0.25, 0.3) is 0 Å². The zero-order valence-corrected chi connectivity index (χ0v) is 11.4. The largest absolute Gasteiger partial charge is 0.292 e. The van der Waals surface area contributed by atoms with Crippen molar-refractivity contribution >= 4 is 0 Å². The first-order chi connectivity index (χ1) is 6.69. The van der Waals surface area contributed by atoms with Crippen LogP contribution in [0.15, 0.2) is 0 Å². The number of fused-ring (bicyclic) bond motifs is 1. The number of likely N-dealkylation sites (tertiary alicyclic amines) is 1. The molecule has 2 fully saturated rings. The molecule has 0 aromatic heterocycles. The SMILES string of the molecule is CC(C)(C)N1CCC2CCC21C(C)(C)C. The topological polar surface area (TPSA) is 3.24 Å². The number of hydrogen-bond acceptors (Lipinski definition) is 1. The van der Waals surface area contributed by atoms with Gasteiger partial charge in [-0.05, 0) is 57.9 Å². The molecule has 0 N–H and O–H groups in total. The normalized spacial score (nSPS) is 37.6. The second-order valence-corrected chi connectivity index (χ2v) is 7.52. The quantitative estimate of drug-likeness (QED) is 0.588. The highest BCUT2D eigenvalue weighted by molar-refractivity contribution is 5.16. The third kappa shape index (κ3) is 1.39. The third-order valence-corrected chi connectivity index (χ3v) is 4.84. The van der Waals surface area contributed by atoms with E-state index in [1.165, 1.54) is 25.8 Å². The highest BCUT2D eigenvalue weighted by Gasteiger charge is 2.62. The predicted molar refractivity (Wildman–Crippen MR) is 66.0 cm³/mol. The molecule has 1 aliphatic carbocycles. The Bertz CT molecular complexity index is 255. The van der Waals surface area contributed by atoms with Crippen molar-refractivity contribution in [2.24, 2.45) is 11.3 Å². The lowest BCUT2D eigenvalue weighted by Gasteiger charge is -2.61. The van der Waals surface area contributed by atoms with Gasteiger partial charge in [-0.1, -0.05) is 20.8 Å². The van der Waals surface area contributed by atoms with Crippen LogP contribution in [0.3, 0.4) is 0 Å². The Hall–Kier alpha value is -0.0400. The van der Waals surface area contributed by atoms with Gasteiger partial charge < -0.3 is 0 Å². The Labute approximate surface area is 95.2 Å². The van der Waals surface area contributed by atoms with E-state index < -0.39 is 0 Å². The van der Waals surface area contributed by atoms with Crippen LogP contribution < -0.4 is 0 Å². The average molecular weight is 209 g/mol. The summed E-state index contributed by atoms with van der Waals surface area (Å²) in [5.74, 6) is 0.969. The van der Waals surface area contributed by atoms with Crippen LogP contribution >= 0.6 is 0 Å². The van der Waals surface area contributed by atoms with E-state index in [1.54, 1.807) is 0 Å². The summed E-state index contributed by atoms with van der Waals surface area (Å²) < 4.78 is 0. The van der Waals surface area contributed by atoms with Crippen LogP contribution in [0.25, 0.3) is 0 Å². The van der Waals surface area contributed by atoms with Gasteiger partial charge in [0, 0.05) is 11.1 Å². The third-order valence-electron chi connectivity index (χ3n) is 4.84. The summed E-state index contributed by atoms with van der Waals surface area (Å²) in [6.45, 7) is 15.7. The minimum Gasteiger partial charge on any atom is -0.292 e. The van der Waals surface area contributed by atoms with E-state index in [9.17, 15) is 0 Å². The molecule has 2 rings (SSSR count). The highest BCUT2D eigenvalue weighted by Crippen LogP contribution is 2.60. The van der Waals surface area contributed by atoms with E-state index in [-0.39, 0.29) is 0 Å². The van der Waals surface area contributed by atoms with E-state index in [0.29, 0.717) is 16.5 Å². The van der Waals surface area contributed by atoms with Crippen LogP contribution in [0, 0.1) is 11.3 Å². The molecule has 1 saturated carbocycles. The highest BCUT2D eigenvalue weighted by atomic mass is 15.3. The molecule has 1 heterocycles. The van der Waals surface area contributed by atoms with Crippen molar-refractivity contribution in [2.45, 2.75) is 71.9 Å². The van der Waals surface area contributed by atoms with Crippen LogP contribution in [-0.2, 0) is 0 Å². The van der Waals surface area contributed by atoms with Gasteiger partial charge in [0.05, 0.1) is 0 Å². The molecule has 0 aromatic carbocycles. The van der Waals surface area contributed by atoms with Gasteiger partial charge in [-0.3, -0.25) is 4.90 Å². The number of hydrogen-bond donors (Lipinski definition) is 0. The van der Waals surface area contributed by atoms with E-state index in [2.05, 4.69) is 46.4 Å². The van der Waals surface area contributed by atoms with Crippen LogP contribution in [-0.4, -0.2) is 22.5 Å². The summed E-state index contributed by atoms with van der Waals surface area (Å²) in [4.78, 5) is 2.80. The smallest absolute Gasteiger partial charge is 0.0291 e. The molecule has 0 aromatic rings. The Morgan fingerprint density at radius 2 is 1.60 bits per heavy atom. The van der Waals surface area contributed by atoms with Crippen molar-refractivity contribution in [1.82, 2.24) is 4.90 Å². The molecule has 1 saturated heterocycles. The zero-order valence-electron chi connectivity index (χ0n) is 11.4. The summed E-state index contributed by atoms with van der Waals surface area (Å²) >= 11 is 0. The fraction of sp³-hybridized carbons (Fsp3) is 1.00. The molecule has 2 atom stereocenters. The maximum absolute atomic E-state index is 2.80. The van der Waals surface area contributed by atoms with Gasteiger partial charge in [0.15, 0.2) is 0 Å². The molecular formula is C14H27N. The first-order valence-corrected chi connectivity index (χ1v) is 6.47. The first-order valence-electron chi connectivity index (χ1n) is 6.47. The second kappa shape index (κ2) is 3.00. The van der Waals surface area contributed by atoms with Crippen molar-refractivity contribution < 1.29 is 0 Å². The molecule has 1 heteroatoms. The molecule has 88 valence electrons. The molecule has 0 bridgehead atoms. The van der Waals surface area contributed by atoms with Crippen molar-refractivity contribution in [3.8, 4) is 0 Å².